The molecule has 1 heterocycles. The predicted octanol–water partition coefficient (Wildman–Crippen LogP) is 2.67. The largest absolute Gasteiger partial charge is 0.458 e. The minimum Gasteiger partial charge on any atom is -0.458 e. The summed E-state index contributed by atoms with van der Waals surface area (Å²) in [5.41, 5.74) is -4.44. The number of carbonyl (C=O) groups excluding carboxylic acids is 2. The molecule has 124 valence electrons. The normalized spacial score (nSPS) is 31.6. The fraction of sp³-hybridized carbons (Fsp3) is 0.667. The van der Waals surface area contributed by atoms with Crippen molar-refractivity contribution in [1.29, 1.82) is 0 Å². The Hall–Kier alpha value is -1.74. The molecule has 4 nitrogen and oxygen atoms in total. The maximum atomic E-state index is 13.0. The Morgan fingerprint density at radius 3 is 2.36 bits per heavy atom. The SMILES string of the molecule is C=C(C(=O)OC1CCC2(C(F)(F)F)CC1OC2=O)C(F)(F)F. The molecular weight excluding hydrogens is 322 g/mol. The minimum absolute atomic E-state index is 0.424. The Labute approximate surface area is 120 Å². The highest BCUT2D eigenvalue weighted by atomic mass is 19.4. The smallest absolute Gasteiger partial charge is 0.422 e. The van der Waals surface area contributed by atoms with E-state index in [2.05, 4.69) is 16.1 Å². The van der Waals surface area contributed by atoms with Crippen LogP contribution in [0.5, 0.6) is 0 Å². The molecule has 3 unspecified atom stereocenters. The van der Waals surface area contributed by atoms with E-state index < -0.39 is 66.7 Å². The Bertz CT molecular complexity index is 523. The van der Waals surface area contributed by atoms with Crippen LogP contribution in [0.15, 0.2) is 12.2 Å². The van der Waals surface area contributed by atoms with E-state index in [0.717, 1.165) is 0 Å². The number of alkyl halides is 6. The van der Waals surface area contributed by atoms with Gasteiger partial charge in [0.25, 0.3) is 0 Å². The van der Waals surface area contributed by atoms with Gasteiger partial charge in [-0.2, -0.15) is 26.3 Å². The zero-order valence-electron chi connectivity index (χ0n) is 10.9. The summed E-state index contributed by atoms with van der Waals surface area (Å²) < 4.78 is 84.8. The molecule has 22 heavy (non-hydrogen) atoms. The number of esters is 2. The first-order chi connectivity index (χ1) is 9.88. The number of halogens is 6. The number of carbonyl (C=O) groups is 2. The highest BCUT2D eigenvalue weighted by molar-refractivity contribution is 5.89. The van der Waals surface area contributed by atoms with Crippen LogP contribution in [0.2, 0.25) is 0 Å². The molecule has 0 amide bonds. The molecule has 3 atom stereocenters. The third-order valence-electron chi connectivity index (χ3n) is 3.86. The molecule has 0 aromatic heterocycles. The molecule has 0 spiro atoms. The van der Waals surface area contributed by atoms with Crippen molar-refractivity contribution < 1.29 is 45.4 Å². The average molecular weight is 332 g/mol. The summed E-state index contributed by atoms with van der Waals surface area (Å²) in [5.74, 6) is -3.28. The third-order valence-corrected chi connectivity index (χ3v) is 3.86. The second kappa shape index (κ2) is 4.88. The lowest BCUT2D eigenvalue weighted by Crippen LogP contribution is -2.46. The molecule has 10 heteroatoms. The molecule has 0 aromatic rings. The molecule has 0 N–H and O–H groups in total. The van der Waals surface area contributed by atoms with Gasteiger partial charge in [0.05, 0.1) is 0 Å². The topological polar surface area (TPSA) is 52.6 Å². The van der Waals surface area contributed by atoms with Gasteiger partial charge in [0.1, 0.15) is 17.8 Å². The Morgan fingerprint density at radius 2 is 1.86 bits per heavy atom. The highest BCUT2D eigenvalue weighted by Gasteiger charge is 2.69. The molecule has 2 fully saturated rings. The number of ether oxygens (including phenoxy) is 2. The van der Waals surface area contributed by atoms with Crippen LogP contribution >= 0.6 is 0 Å². The Balaban J connectivity index is 2.09. The van der Waals surface area contributed by atoms with Crippen LogP contribution in [0, 0.1) is 5.41 Å². The van der Waals surface area contributed by atoms with Gasteiger partial charge in [-0.15, -0.1) is 0 Å². The monoisotopic (exact) mass is 332 g/mol. The lowest BCUT2D eigenvalue weighted by atomic mass is 9.73. The quantitative estimate of drug-likeness (QED) is 0.443. The van der Waals surface area contributed by atoms with Crippen LogP contribution < -0.4 is 0 Å². The van der Waals surface area contributed by atoms with Crippen LogP contribution in [0.3, 0.4) is 0 Å². The first-order valence-corrected chi connectivity index (χ1v) is 6.13. The molecule has 2 rings (SSSR count). The first-order valence-electron chi connectivity index (χ1n) is 6.13. The van der Waals surface area contributed by atoms with Crippen LogP contribution in [0.4, 0.5) is 26.3 Å². The summed E-state index contributed by atoms with van der Waals surface area (Å²) in [6, 6.07) is 0. The summed E-state index contributed by atoms with van der Waals surface area (Å²) >= 11 is 0. The van der Waals surface area contributed by atoms with Crippen molar-refractivity contribution in [2.24, 2.45) is 5.41 Å². The van der Waals surface area contributed by atoms with Gasteiger partial charge in [0.15, 0.2) is 5.41 Å². The second-order valence-electron chi connectivity index (χ2n) is 5.19. The van der Waals surface area contributed by atoms with Crippen LogP contribution in [0.25, 0.3) is 0 Å². The van der Waals surface area contributed by atoms with Crippen molar-refractivity contribution in [3.05, 3.63) is 12.2 Å². The lowest BCUT2D eigenvalue weighted by molar-refractivity contribution is -0.226. The standard InChI is InChI=1S/C12H10F6O4/c1-5(11(13,14)15)8(19)21-6-2-3-10(12(16,17)18)4-7(6)22-9(10)20/h6-7H,1-4H2. The van der Waals surface area contributed by atoms with Crippen molar-refractivity contribution in [2.45, 2.75) is 43.8 Å². The molecule has 1 aliphatic heterocycles. The summed E-state index contributed by atoms with van der Waals surface area (Å²) in [4.78, 5) is 22.8. The van der Waals surface area contributed by atoms with E-state index in [0.29, 0.717) is 0 Å². The first kappa shape index (κ1) is 16.6. The van der Waals surface area contributed by atoms with E-state index in [1.54, 1.807) is 0 Å². The van der Waals surface area contributed by atoms with E-state index in [1.807, 2.05) is 0 Å². The van der Waals surface area contributed by atoms with Crippen LogP contribution in [-0.2, 0) is 19.1 Å². The van der Waals surface area contributed by atoms with Crippen molar-refractivity contribution in [2.75, 3.05) is 0 Å². The Morgan fingerprint density at radius 1 is 1.27 bits per heavy atom. The Kier molecular flexibility index (Phi) is 3.69. The molecular formula is C12H10F6O4. The highest BCUT2D eigenvalue weighted by Crippen LogP contribution is 2.55. The van der Waals surface area contributed by atoms with E-state index >= 15 is 0 Å². The number of hydrogen-bond donors (Lipinski definition) is 0. The minimum atomic E-state index is -5.01. The van der Waals surface area contributed by atoms with Gasteiger partial charge in [0, 0.05) is 6.42 Å². The van der Waals surface area contributed by atoms with Crippen molar-refractivity contribution in [1.82, 2.24) is 0 Å². The van der Waals surface area contributed by atoms with Crippen LogP contribution in [0.1, 0.15) is 19.3 Å². The molecule has 2 aliphatic rings. The zero-order valence-corrected chi connectivity index (χ0v) is 10.9. The lowest BCUT2D eigenvalue weighted by Gasteiger charge is -2.33. The summed E-state index contributed by atoms with van der Waals surface area (Å²) in [7, 11) is 0. The molecule has 1 saturated heterocycles. The van der Waals surface area contributed by atoms with E-state index in [-0.39, 0.29) is 0 Å². The average Bonchev–Trinajstić information content (AvgIpc) is 2.64. The molecule has 1 aliphatic carbocycles. The molecule has 0 aromatic carbocycles. The predicted molar refractivity (Wildman–Crippen MR) is 57.3 cm³/mol. The van der Waals surface area contributed by atoms with Gasteiger partial charge in [0.2, 0.25) is 0 Å². The van der Waals surface area contributed by atoms with Gasteiger partial charge < -0.3 is 9.47 Å². The van der Waals surface area contributed by atoms with Crippen LogP contribution in [-0.4, -0.2) is 36.5 Å². The molecule has 1 saturated carbocycles. The number of fused-ring (bicyclic) bond motifs is 2. The number of hydrogen-bond acceptors (Lipinski definition) is 4. The van der Waals surface area contributed by atoms with Gasteiger partial charge in [-0.1, -0.05) is 6.58 Å². The van der Waals surface area contributed by atoms with Crippen molar-refractivity contribution in [3.63, 3.8) is 0 Å². The van der Waals surface area contributed by atoms with E-state index in [9.17, 15) is 35.9 Å². The summed E-state index contributed by atoms with van der Waals surface area (Å²) in [5, 5.41) is 0. The zero-order chi connectivity index (χ0) is 16.9. The molecule has 0 radical (unpaired) electrons. The fourth-order valence-corrected chi connectivity index (χ4v) is 2.54. The third kappa shape index (κ3) is 2.54. The van der Waals surface area contributed by atoms with Gasteiger partial charge in [-0.25, -0.2) is 4.79 Å². The van der Waals surface area contributed by atoms with Crippen molar-refractivity contribution >= 4 is 11.9 Å². The summed E-state index contributed by atoms with van der Waals surface area (Å²) in [6.07, 6.45) is -14.5. The van der Waals surface area contributed by atoms with Crippen molar-refractivity contribution in [3.8, 4) is 0 Å². The van der Waals surface area contributed by atoms with E-state index in [1.165, 1.54) is 0 Å². The van der Waals surface area contributed by atoms with Gasteiger partial charge in [-0.3, -0.25) is 4.79 Å². The number of rotatable bonds is 2. The van der Waals surface area contributed by atoms with Gasteiger partial charge >= 0.3 is 24.3 Å². The van der Waals surface area contributed by atoms with Gasteiger partial charge in [-0.05, 0) is 12.8 Å². The fourth-order valence-electron chi connectivity index (χ4n) is 2.54. The second-order valence-corrected chi connectivity index (χ2v) is 5.19. The van der Waals surface area contributed by atoms with E-state index in [4.69, 9.17) is 0 Å². The molecule has 2 bridgehead atoms. The maximum absolute atomic E-state index is 13.0. The maximum Gasteiger partial charge on any atom is 0.422 e. The summed E-state index contributed by atoms with van der Waals surface area (Å²) in [6.45, 7) is 2.53.